The van der Waals surface area contributed by atoms with Crippen molar-refractivity contribution in [3.8, 4) is 5.75 Å². The van der Waals surface area contributed by atoms with Crippen molar-refractivity contribution in [2.24, 2.45) is 0 Å². The fraction of sp³-hybridized carbons (Fsp3) is 0.462. The van der Waals surface area contributed by atoms with Crippen molar-refractivity contribution >= 4 is 5.97 Å². The fourth-order valence-electron chi connectivity index (χ4n) is 1.41. The molecule has 0 unspecified atom stereocenters. The molecule has 88 valence electrons. The highest BCUT2D eigenvalue weighted by Gasteiger charge is 2.11. The van der Waals surface area contributed by atoms with Gasteiger partial charge in [0, 0.05) is 0 Å². The van der Waals surface area contributed by atoms with E-state index in [0.717, 1.165) is 24.8 Å². The molecule has 3 nitrogen and oxygen atoms in total. The average molecular weight is 222 g/mol. The molecule has 0 atom stereocenters. The molecule has 0 saturated heterocycles. The first-order valence-electron chi connectivity index (χ1n) is 5.68. The summed E-state index contributed by atoms with van der Waals surface area (Å²) in [4.78, 5) is 11.0. The van der Waals surface area contributed by atoms with Crippen molar-refractivity contribution in [2.45, 2.75) is 33.1 Å². The molecule has 3 heteroatoms. The predicted molar refractivity (Wildman–Crippen MR) is 63.2 cm³/mol. The Bertz CT molecular complexity index is 358. The predicted octanol–water partition coefficient (Wildman–Crippen LogP) is 3.13. The van der Waals surface area contributed by atoms with Gasteiger partial charge >= 0.3 is 5.97 Å². The van der Waals surface area contributed by atoms with E-state index in [9.17, 15) is 4.79 Å². The number of hydrogen-bond acceptors (Lipinski definition) is 2. The molecule has 0 radical (unpaired) electrons. The Hall–Kier alpha value is -1.51. The molecule has 0 bridgehead atoms. The van der Waals surface area contributed by atoms with Crippen LogP contribution in [0.25, 0.3) is 0 Å². The van der Waals surface area contributed by atoms with Gasteiger partial charge in [0.25, 0.3) is 0 Å². The van der Waals surface area contributed by atoms with Crippen LogP contribution in [0.15, 0.2) is 18.2 Å². The van der Waals surface area contributed by atoms with E-state index in [1.54, 1.807) is 6.07 Å². The van der Waals surface area contributed by atoms with Gasteiger partial charge in [0.1, 0.15) is 11.3 Å². The Labute approximate surface area is 96.1 Å². The Morgan fingerprint density at radius 2 is 2.12 bits per heavy atom. The summed E-state index contributed by atoms with van der Waals surface area (Å²) < 4.78 is 5.50. The zero-order valence-electron chi connectivity index (χ0n) is 9.82. The lowest BCUT2D eigenvalue weighted by molar-refractivity contribution is 0.0692. The second-order valence-electron chi connectivity index (χ2n) is 3.69. The molecular weight excluding hydrogens is 204 g/mol. The lowest BCUT2D eigenvalue weighted by atomic mass is 10.1. The fourth-order valence-corrected chi connectivity index (χ4v) is 1.41. The van der Waals surface area contributed by atoms with E-state index in [0.29, 0.717) is 12.4 Å². The van der Waals surface area contributed by atoms with E-state index in [4.69, 9.17) is 9.84 Å². The van der Waals surface area contributed by atoms with Crippen LogP contribution in [0.3, 0.4) is 0 Å². The first kappa shape index (κ1) is 12.6. The molecule has 0 aliphatic heterocycles. The van der Waals surface area contributed by atoms with Gasteiger partial charge in [-0.25, -0.2) is 4.79 Å². The molecule has 1 N–H and O–H groups in total. The van der Waals surface area contributed by atoms with Gasteiger partial charge in [0.15, 0.2) is 0 Å². The second kappa shape index (κ2) is 6.16. The minimum Gasteiger partial charge on any atom is -0.493 e. The number of ether oxygens (including phenoxy) is 1. The van der Waals surface area contributed by atoms with Crippen LogP contribution >= 0.6 is 0 Å². The van der Waals surface area contributed by atoms with Gasteiger partial charge in [-0.1, -0.05) is 26.3 Å². The van der Waals surface area contributed by atoms with Crippen molar-refractivity contribution in [3.63, 3.8) is 0 Å². The molecule has 0 amide bonds. The molecule has 0 spiro atoms. The van der Waals surface area contributed by atoms with E-state index >= 15 is 0 Å². The summed E-state index contributed by atoms with van der Waals surface area (Å²) >= 11 is 0. The summed E-state index contributed by atoms with van der Waals surface area (Å²) in [5, 5.41) is 9.01. The number of carbonyl (C=O) groups is 1. The number of carboxylic acid groups (broad SMARTS) is 1. The van der Waals surface area contributed by atoms with Gasteiger partial charge < -0.3 is 9.84 Å². The molecule has 0 aromatic heterocycles. The topological polar surface area (TPSA) is 46.5 Å². The van der Waals surface area contributed by atoms with Crippen LogP contribution in [-0.2, 0) is 6.42 Å². The van der Waals surface area contributed by atoms with Crippen LogP contribution in [-0.4, -0.2) is 17.7 Å². The maximum absolute atomic E-state index is 11.0. The first-order valence-corrected chi connectivity index (χ1v) is 5.68. The molecule has 0 fully saturated rings. The van der Waals surface area contributed by atoms with Gasteiger partial charge in [-0.3, -0.25) is 0 Å². The van der Waals surface area contributed by atoms with E-state index in [1.807, 2.05) is 19.1 Å². The maximum Gasteiger partial charge on any atom is 0.339 e. The Balaban J connectivity index is 2.87. The van der Waals surface area contributed by atoms with Crippen molar-refractivity contribution in [1.29, 1.82) is 0 Å². The molecular formula is C13H18O3. The van der Waals surface area contributed by atoms with Gasteiger partial charge in [-0.15, -0.1) is 0 Å². The zero-order chi connectivity index (χ0) is 12.0. The lowest BCUT2D eigenvalue weighted by Crippen LogP contribution is -2.05. The van der Waals surface area contributed by atoms with E-state index in [1.165, 1.54) is 0 Å². The van der Waals surface area contributed by atoms with Crippen molar-refractivity contribution in [3.05, 3.63) is 29.3 Å². The normalized spacial score (nSPS) is 10.1. The van der Waals surface area contributed by atoms with Crippen LogP contribution < -0.4 is 4.74 Å². The Morgan fingerprint density at radius 1 is 1.38 bits per heavy atom. The second-order valence-corrected chi connectivity index (χ2v) is 3.69. The van der Waals surface area contributed by atoms with Crippen LogP contribution in [0.2, 0.25) is 0 Å². The highest BCUT2D eigenvalue weighted by atomic mass is 16.5. The summed E-state index contributed by atoms with van der Waals surface area (Å²) in [6.45, 7) is 4.68. The Kier molecular flexibility index (Phi) is 4.83. The van der Waals surface area contributed by atoms with Crippen LogP contribution in [0.4, 0.5) is 0 Å². The number of hydrogen-bond donors (Lipinski definition) is 1. The lowest BCUT2D eigenvalue weighted by Gasteiger charge is -2.10. The third kappa shape index (κ3) is 3.26. The minimum atomic E-state index is -0.936. The summed E-state index contributed by atoms with van der Waals surface area (Å²) in [6.07, 6.45) is 2.86. The minimum absolute atomic E-state index is 0.244. The molecule has 0 aliphatic rings. The van der Waals surface area contributed by atoms with E-state index < -0.39 is 5.97 Å². The monoisotopic (exact) mass is 222 g/mol. The molecule has 0 aliphatic carbocycles. The van der Waals surface area contributed by atoms with Gasteiger partial charge in [0.05, 0.1) is 6.61 Å². The molecule has 1 aromatic carbocycles. The number of carboxylic acids is 1. The number of rotatable bonds is 6. The van der Waals surface area contributed by atoms with E-state index in [-0.39, 0.29) is 5.56 Å². The number of aryl methyl sites for hydroxylation is 1. The molecule has 0 saturated carbocycles. The third-order valence-corrected chi connectivity index (χ3v) is 2.44. The van der Waals surface area contributed by atoms with Crippen molar-refractivity contribution in [2.75, 3.05) is 6.61 Å². The number of aromatic carboxylic acids is 1. The summed E-state index contributed by atoms with van der Waals surface area (Å²) in [5.41, 5.74) is 1.34. The van der Waals surface area contributed by atoms with E-state index in [2.05, 4.69) is 6.92 Å². The smallest absolute Gasteiger partial charge is 0.339 e. The Morgan fingerprint density at radius 3 is 2.69 bits per heavy atom. The third-order valence-electron chi connectivity index (χ3n) is 2.44. The van der Waals surface area contributed by atoms with Crippen LogP contribution in [0, 0.1) is 0 Å². The summed E-state index contributed by atoms with van der Waals surface area (Å²) in [5.74, 6) is -0.450. The van der Waals surface area contributed by atoms with Crippen molar-refractivity contribution < 1.29 is 14.6 Å². The molecule has 1 aromatic rings. The largest absolute Gasteiger partial charge is 0.493 e. The zero-order valence-corrected chi connectivity index (χ0v) is 9.82. The summed E-state index contributed by atoms with van der Waals surface area (Å²) in [7, 11) is 0. The molecule has 16 heavy (non-hydrogen) atoms. The van der Waals surface area contributed by atoms with Crippen LogP contribution in [0.5, 0.6) is 5.75 Å². The quantitative estimate of drug-likeness (QED) is 0.752. The number of benzene rings is 1. The highest BCUT2D eigenvalue weighted by Crippen LogP contribution is 2.21. The standard InChI is InChI=1S/C13H18O3/c1-3-5-8-16-12-9-10(4-2)6-7-11(12)13(14)15/h6-7,9H,3-5,8H2,1-2H3,(H,14,15). The SMILES string of the molecule is CCCCOc1cc(CC)ccc1C(=O)O. The van der Waals surface area contributed by atoms with Gasteiger partial charge in [-0.2, -0.15) is 0 Å². The maximum atomic E-state index is 11.0. The molecule has 1 rings (SSSR count). The molecule has 0 heterocycles. The van der Waals surface area contributed by atoms with Crippen molar-refractivity contribution in [1.82, 2.24) is 0 Å². The summed E-state index contributed by atoms with van der Waals surface area (Å²) in [6, 6.07) is 5.26. The van der Waals surface area contributed by atoms with Gasteiger partial charge in [-0.05, 0) is 30.5 Å². The van der Waals surface area contributed by atoms with Gasteiger partial charge in [0.2, 0.25) is 0 Å². The average Bonchev–Trinajstić information content (AvgIpc) is 2.29. The van der Waals surface area contributed by atoms with Crippen LogP contribution in [0.1, 0.15) is 42.6 Å². The first-order chi connectivity index (χ1) is 7.69. The highest BCUT2D eigenvalue weighted by molar-refractivity contribution is 5.90. The number of unbranched alkanes of at least 4 members (excludes halogenated alkanes) is 1.